The number of rotatable bonds is 7. The maximum absolute atomic E-state index is 14.0. The zero-order chi connectivity index (χ0) is 28.7. The molecule has 1 amide bonds. The van der Waals surface area contributed by atoms with Gasteiger partial charge in [0.25, 0.3) is 15.9 Å². The fraction of sp³-hybridized carbons (Fsp3) is 0.214. The van der Waals surface area contributed by atoms with Gasteiger partial charge in [-0.05, 0) is 66.1 Å². The van der Waals surface area contributed by atoms with E-state index >= 15 is 0 Å². The van der Waals surface area contributed by atoms with Crippen molar-refractivity contribution in [1.82, 2.24) is 9.88 Å². The number of benzene rings is 3. The van der Waals surface area contributed by atoms with Crippen molar-refractivity contribution in [2.75, 3.05) is 11.4 Å². The first kappa shape index (κ1) is 28.5. The molecule has 204 valence electrons. The Hall–Kier alpha value is -3.53. The Morgan fingerprint density at radius 3 is 2.23 bits per heavy atom. The monoisotopic (exact) mass is 587 g/mol. The second kappa shape index (κ2) is 10.6. The molecule has 4 aromatic rings. The van der Waals surface area contributed by atoms with Gasteiger partial charge in [-0.2, -0.15) is 0 Å². The van der Waals surface area contributed by atoms with Crippen molar-refractivity contribution in [1.29, 1.82) is 0 Å². The fourth-order valence-corrected chi connectivity index (χ4v) is 6.98. The number of aliphatic carboxylic acids is 1. The summed E-state index contributed by atoms with van der Waals surface area (Å²) in [7, 11) is -2.87. The van der Waals surface area contributed by atoms with Crippen LogP contribution in [-0.4, -0.2) is 43.1 Å². The third-order valence-corrected chi connectivity index (χ3v) is 8.43. The number of halogens is 2. The molecule has 0 spiro atoms. The molecule has 39 heavy (non-hydrogen) atoms. The Labute approximate surface area is 236 Å². The highest BCUT2D eigenvalue weighted by Gasteiger charge is 2.43. The molecular formula is C28H27Cl2N3O5S. The molecule has 0 aliphatic heterocycles. The predicted molar refractivity (Wildman–Crippen MR) is 154 cm³/mol. The van der Waals surface area contributed by atoms with Crippen LogP contribution in [0.5, 0.6) is 0 Å². The number of fused-ring (bicyclic) bond motifs is 1. The number of hydrogen-bond acceptors (Lipinski definition) is 4. The van der Waals surface area contributed by atoms with Crippen LogP contribution in [-0.2, 0) is 14.8 Å². The van der Waals surface area contributed by atoms with E-state index in [0.717, 1.165) is 15.5 Å². The van der Waals surface area contributed by atoms with Gasteiger partial charge in [-0.1, -0.05) is 50.0 Å². The zero-order valence-electron chi connectivity index (χ0n) is 21.6. The Kier molecular flexibility index (Phi) is 7.71. The summed E-state index contributed by atoms with van der Waals surface area (Å²) in [6.07, 6.45) is 1.80. The molecule has 0 aliphatic rings. The van der Waals surface area contributed by atoms with Crippen molar-refractivity contribution < 1.29 is 23.1 Å². The summed E-state index contributed by atoms with van der Waals surface area (Å²) in [6.45, 7) is 4.98. The van der Waals surface area contributed by atoms with Crippen molar-refractivity contribution in [3.8, 4) is 5.69 Å². The molecule has 8 nitrogen and oxygen atoms in total. The normalized spacial score (nSPS) is 12.8. The van der Waals surface area contributed by atoms with E-state index in [2.05, 4.69) is 5.32 Å². The quantitative estimate of drug-likeness (QED) is 0.276. The highest BCUT2D eigenvalue weighted by Crippen LogP contribution is 2.37. The molecule has 1 heterocycles. The van der Waals surface area contributed by atoms with Crippen LogP contribution in [0.3, 0.4) is 0 Å². The fourth-order valence-electron chi connectivity index (χ4n) is 4.47. The van der Waals surface area contributed by atoms with Gasteiger partial charge in [0, 0.05) is 39.9 Å². The first-order chi connectivity index (χ1) is 18.2. The average molecular weight is 589 g/mol. The lowest BCUT2D eigenvalue weighted by atomic mass is 9.86. The summed E-state index contributed by atoms with van der Waals surface area (Å²) >= 11 is 12.2. The molecule has 2 N–H and O–H groups in total. The highest BCUT2D eigenvalue weighted by molar-refractivity contribution is 7.93. The summed E-state index contributed by atoms with van der Waals surface area (Å²) in [5.41, 5.74) is 1.13. The number of sulfonamides is 1. The number of carbonyl (C=O) groups is 2. The standard InChI is InChI=1S/C28H27Cl2N3O5S/c1-28(2,3)25(27(35)36)33(39(37,38)23-15-19(29)14-20(30)16-23)22-8-9-24-17(12-22)10-11-32(24)21-7-5-6-18(13-21)26(34)31-4/h5-16,25H,1-4H3,(H,31,34)(H,35,36). The number of carboxylic acids is 1. The summed E-state index contributed by atoms with van der Waals surface area (Å²) in [4.78, 5) is 24.4. The number of nitrogens with one attached hydrogen (secondary N) is 1. The van der Waals surface area contributed by atoms with Crippen molar-refractivity contribution >= 4 is 61.7 Å². The molecule has 1 unspecified atom stereocenters. The highest BCUT2D eigenvalue weighted by atomic mass is 35.5. The van der Waals surface area contributed by atoms with E-state index in [9.17, 15) is 23.1 Å². The van der Waals surface area contributed by atoms with Crippen molar-refractivity contribution in [3.05, 3.63) is 88.5 Å². The first-order valence-corrected chi connectivity index (χ1v) is 14.1. The Bertz CT molecular complexity index is 1670. The maximum Gasteiger partial charge on any atom is 0.328 e. The van der Waals surface area contributed by atoms with Gasteiger partial charge in [0.1, 0.15) is 6.04 Å². The van der Waals surface area contributed by atoms with E-state index in [-0.39, 0.29) is 26.5 Å². The van der Waals surface area contributed by atoms with E-state index in [0.29, 0.717) is 10.9 Å². The molecule has 0 saturated carbocycles. The van der Waals surface area contributed by atoms with Gasteiger partial charge in [0.15, 0.2) is 0 Å². The van der Waals surface area contributed by atoms with Gasteiger partial charge in [-0.3, -0.25) is 9.10 Å². The number of anilines is 1. The van der Waals surface area contributed by atoms with E-state index < -0.39 is 27.4 Å². The lowest BCUT2D eigenvalue weighted by Gasteiger charge is -2.37. The molecule has 1 aromatic heterocycles. The Morgan fingerprint density at radius 1 is 0.974 bits per heavy atom. The lowest BCUT2D eigenvalue weighted by Crippen LogP contribution is -2.52. The van der Waals surface area contributed by atoms with Crippen LogP contribution in [0.2, 0.25) is 10.0 Å². The number of carboxylic acid groups (broad SMARTS) is 1. The summed E-state index contributed by atoms with van der Waals surface area (Å²) in [5.74, 6) is -1.53. The molecule has 0 saturated heterocycles. The average Bonchev–Trinajstić information content (AvgIpc) is 3.28. The van der Waals surface area contributed by atoms with Crippen molar-refractivity contribution in [3.63, 3.8) is 0 Å². The number of aromatic nitrogens is 1. The SMILES string of the molecule is CNC(=O)c1cccc(-n2ccc3cc(N(C(C(=O)O)C(C)(C)C)S(=O)(=O)c4cc(Cl)cc(Cl)c4)ccc32)c1. The third-order valence-electron chi connectivity index (χ3n) is 6.22. The number of amides is 1. The van der Waals surface area contributed by atoms with Gasteiger partial charge in [-0.25, -0.2) is 13.2 Å². The van der Waals surface area contributed by atoms with Gasteiger partial charge >= 0.3 is 5.97 Å². The van der Waals surface area contributed by atoms with Crippen LogP contribution in [0.4, 0.5) is 5.69 Å². The molecule has 0 aliphatic carbocycles. The summed E-state index contributed by atoms with van der Waals surface area (Å²) in [5, 5.41) is 13.7. The number of nitrogens with zero attached hydrogens (tertiary/aromatic N) is 2. The van der Waals surface area contributed by atoms with Crippen LogP contribution in [0.15, 0.2) is 77.8 Å². The molecule has 3 aromatic carbocycles. The Morgan fingerprint density at radius 2 is 1.64 bits per heavy atom. The predicted octanol–water partition coefficient (Wildman–Crippen LogP) is 5.99. The van der Waals surface area contributed by atoms with E-state index in [1.54, 1.807) is 76.5 Å². The minimum Gasteiger partial charge on any atom is -0.480 e. The van der Waals surface area contributed by atoms with Gasteiger partial charge in [0.05, 0.1) is 16.1 Å². The topological polar surface area (TPSA) is 109 Å². The number of carbonyl (C=O) groups excluding carboxylic acids is 1. The number of hydrogen-bond donors (Lipinski definition) is 2. The van der Waals surface area contributed by atoms with Crippen LogP contribution >= 0.6 is 23.2 Å². The van der Waals surface area contributed by atoms with Crippen LogP contribution < -0.4 is 9.62 Å². The van der Waals surface area contributed by atoms with Crippen molar-refractivity contribution in [2.24, 2.45) is 5.41 Å². The smallest absolute Gasteiger partial charge is 0.328 e. The minimum absolute atomic E-state index is 0.107. The van der Waals surface area contributed by atoms with Gasteiger partial charge in [0.2, 0.25) is 0 Å². The second-order valence-corrected chi connectivity index (χ2v) is 12.8. The molecule has 0 bridgehead atoms. The van der Waals surface area contributed by atoms with Crippen LogP contribution in [0.25, 0.3) is 16.6 Å². The summed E-state index contributed by atoms with van der Waals surface area (Å²) < 4.78 is 30.8. The summed E-state index contributed by atoms with van der Waals surface area (Å²) in [6, 6.07) is 16.2. The van der Waals surface area contributed by atoms with Gasteiger partial charge in [-0.15, -0.1) is 0 Å². The second-order valence-electron chi connectivity index (χ2n) is 10.1. The van der Waals surface area contributed by atoms with E-state index in [1.165, 1.54) is 18.2 Å². The largest absolute Gasteiger partial charge is 0.480 e. The third kappa shape index (κ3) is 5.61. The molecular weight excluding hydrogens is 561 g/mol. The van der Waals surface area contributed by atoms with E-state index in [1.807, 2.05) is 10.6 Å². The molecule has 1 atom stereocenters. The first-order valence-electron chi connectivity index (χ1n) is 11.9. The maximum atomic E-state index is 14.0. The molecule has 4 rings (SSSR count). The lowest BCUT2D eigenvalue weighted by molar-refractivity contribution is -0.140. The zero-order valence-corrected chi connectivity index (χ0v) is 24.0. The van der Waals surface area contributed by atoms with Crippen molar-refractivity contribution in [2.45, 2.75) is 31.7 Å². The van der Waals surface area contributed by atoms with Crippen LogP contribution in [0.1, 0.15) is 31.1 Å². The van der Waals surface area contributed by atoms with Gasteiger partial charge < -0.3 is 15.0 Å². The Balaban J connectivity index is 1.91. The molecule has 11 heteroatoms. The molecule has 0 fully saturated rings. The van der Waals surface area contributed by atoms with E-state index in [4.69, 9.17) is 23.2 Å². The van der Waals surface area contributed by atoms with Crippen LogP contribution in [0, 0.1) is 5.41 Å². The minimum atomic E-state index is -4.43. The molecule has 0 radical (unpaired) electrons.